The molecule has 3 aromatic carbocycles. The summed E-state index contributed by atoms with van der Waals surface area (Å²) in [6.07, 6.45) is 1.17. The molecule has 358 valence electrons. The van der Waals surface area contributed by atoms with Crippen molar-refractivity contribution in [2.24, 2.45) is 23.5 Å². The van der Waals surface area contributed by atoms with Crippen LogP contribution < -0.4 is 21.7 Å². The first-order chi connectivity index (χ1) is 31.1. The van der Waals surface area contributed by atoms with Crippen LogP contribution in [0.2, 0.25) is 0 Å². The van der Waals surface area contributed by atoms with E-state index in [4.69, 9.17) is 5.73 Å². The van der Waals surface area contributed by atoms with Gasteiger partial charge in [0.15, 0.2) is 0 Å². The summed E-state index contributed by atoms with van der Waals surface area (Å²) in [5, 5.41) is 18.7. The summed E-state index contributed by atoms with van der Waals surface area (Å²) in [4.78, 5) is 102. The van der Waals surface area contributed by atoms with Crippen molar-refractivity contribution < 1.29 is 38.7 Å². The van der Waals surface area contributed by atoms with Crippen LogP contribution in [-0.4, -0.2) is 124 Å². The van der Waals surface area contributed by atoms with Gasteiger partial charge in [-0.2, -0.15) is 0 Å². The number of carbonyl (C=O) groups is 7. The van der Waals surface area contributed by atoms with E-state index in [1.165, 1.54) is 42.6 Å². The fourth-order valence-electron chi connectivity index (χ4n) is 8.33. The number of nitrogens with two attached hydrogens (primary N) is 1. The van der Waals surface area contributed by atoms with Crippen molar-refractivity contribution in [2.45, 2.75) is 129 Å². The molecule has 0 spiro atoms. The first-order valence-corrected chi connectivity index (χ1v) is 23.0. The molecule has 1 fully saturated rings. The molecule has 0 unspecified atom stereocenters. The molecule has 0 aliphatic carbocycles. The highest BCUT2D eigenvalue weighted by Crippen LogP contribution is 2.28. The lowest BCUT2D eigenvalue weighted by molar-refractivity contribution is -0.154. The third-order valence-corrected chi connectivity index (χ3v) is 12.1. The molecule has 0 aromatic heterocycles. The molecule has 1 saturated heterocycles. The number of carbonyl (C=O) groups excluding carboxylic acids is 6. The fourth-order valence-corrected chi connectivity index (χ4v) is 8.33. The van der Waals surface area contributed by atoms with Crippen LogP contribution in [0.3, 0.4) is 0 Å². The molecule has 15 heteroatoms. The van der Waals surface area contributed by atoms with E-state index in [1.807, 2.05) is 126 Å². The smallest absolute Gasteiger partial charge is 0.326 e. The van der Waals surface area contributed by atoms with Crippen LogP contribution in [0.4, 0.5) is 0 Å². The first-order valence-electron chi connectivity index (χ1n) is 23.0. The summed E-state index contributed by atoms with van der Waals surface area (Å²) in [7, 11) is 2.95. The molecule has 1 heterocycles. The summed E-state index contributed by atoms with van der Waals surface area (Å²) in [6.45, 7) is 12.7. The molecular weight excluding hydrogens is 839 g/mol. The van der Waals surface area contributed by atoms with Gasteiger partial charge in [-0.3, -0.25) is 28.8 Å². The number of likely N-dealkylation sites (tertiary alicyclic amines) is 1. The lowest BCUT2D eigenvalue weighted by Crippen LogP contribution is -2.61. The SMILES string of the molecule is CC(C)C[C@H](NC(=O)[C@H](Cc1ccccc1)NC(=O)[C@H](Cc1ccccc1)N(C)C(=O)[C@H](Cc1ccccc1)NC(=O)C(C)(C)N)C(=O)N1CC[C@H](C)[C@H]1C(=O)N(C)[C@@H](CC(C)C)C(=O)O. The lowest BCUT2D eigenvalue weighted by Gasteiger charge is -2.35. The molecule has 1 aliphatic rings. The van der Waals surface area contributed by atoms with Crippen LogP contribution >= 0.6 is 0 Å². The number of hydrogen-bond donors (Lipinski definition) is 5. The molecule has 0 saturated carbocycles. The summed E-state index contributed by atoms with van der Waals surface area (Å²) >= 11 is 0. The van der Waals surface area contributed by atoms with Crippen LogP contribution in [0.1, 0.15) is 84.4 Å². The second-order valence-corrected chi connectivity index (χ2v) is 19.2. The zero-order valence-corrected chi connectivity index (χ0v) is 40.0. The highest BCUT2D eigenvalue weighted by molar-refractivity contribution is 5.97. The fraction of sp³-hybridized carbons (Fsp3) is 0.510. The van der Waals surface area contributed by atoms with Gasteiger partial charge in [-0.1, -0.05) is 126 Å². The Morgan fingerprint density at radius 3 is 1.61 bits per heavy atom. The molecule has 0 radical (unpaired) electrons. The molecule has 6 amide bonds. The van der Waals surface area contributed by atoms with Gasteiger partial charge >= 0.3 is 5.97 Å². The number of benzene rings is 3. The van der Waals surface area contributed by atoms with Crippen molar-refractivity contribution in [2.75, 3.05) is 20.6 Å². The van der Waals surface area contributed by atoms with Crippen molar-refractivity contribution in [3.8, 4) is 0 Å². The van der Waals surface area contributed by atoms with Gasteiger partial charge in [0.05, 0.1) is 5.54 Å². The number of likely N-dealkylation sites (N-methyl/N-ethyl adjacent to an activating group) is 2. The Labute approximate surface area is 390 Å². The normalized spacial score (nSPS) is 17.2. The minimum Gasteiger partial charge on any atom is -0.480 e. The van der Waals surface area contributed by atoms with E-state index in [2.05, 4.69) is 16.0 Å². The Morgan fingerprint density at radius 2 is 1.14 bits per heavy atom. The maximum Gasteiger partial charge on any atom is 0.326 e. The van der Waals surface area contributed by atoms with Crippen molar-refractivity contribution in [1.82, 2.24) is 30.7 Å². The van der Waals surface area contributed by atoms with Gasteiger partial charge in [-0.25, -0.2) is 4.79 Å². The van der Waals surface area contributed by atoms with E-state index in [0.717, 1.165) is 16.7 Å². The van der Waals surface area contributed by atoms with Gasteiger partial charge in [0.2, 0.25) is 35.4 Å². The van der Waals surface area contributed by atoms with E-state index in [9.17, 15) is 38.7 Å². The Morgan fingerprint density at radius 1 is 0.667 bits per heavy atom. The molecule has 7 atom stereocenters. The highest BCUT2D eigenvalue weighted by atomic mass is 16.4. The van der Waals surface area contributed by atoms with Crippen molar-refractivity contribution >= 4 is 41.4 Å². The predicted octanol–water partition coefficient (Wildman–Crippen LogP) is 3.97. The average molecular weight is 910 g/mol. The second kappa shape index (κ2) is 23.9. The molecular formula is C51H71N7O8. The number of nitrogens with zero attached hydrogens (tertiary/aromatic N) is 3. The van der Waals surface area contributed by atoms with Crippen LogP contribution in [0.5, 0.6) is 0 Å². The zero-order chi connectivity index (χ0) is 48.9. The molecule has 0 bridgehead atoms. The number of amides is 6. The topological polar surface area (TPSA) is 212 Å². The number of carboxylic acid groups (broad SMARTS) is 1. The molecule has 4 rings (SSSR count). The van der Waals surface area contributed by atoms with Crippen molar-refractivity contribution in [1.29, 1.82) is 0 Å². The molecule has 6 N–H and O–H groups in total. The minimum absolute atomic E-state index is 0.00208. The number of carboxylic acids is 1. The number of aliphatic carboxylic acids is 1. The summed E-state index contributed by atoms with van der Waals surface area (Å²) < 4.78 is 0. The number of rotatable bonds is 22. The third kappa shape index (κ3) is 14.7. The second-order valence-electron chi connectivity index (χ2n) is 19.2. The van der Waals surface area contributed by atoms with E-state index < -0.39 is 83.2 Å². The van der Waals surface area contributed by atoms with E-state index in [0.29, 0.717) is 6.42 Å². The standard InChI is InChI=1S/C51H71N7O8/c1-32(2)27-39(47(62)58-26-25-34(5)43(58)48(63)57(9)42(49(64)65)28-33(3)4)54-44(59)38(29-35-19-13-10-14-20-35)53-45(60)41(31-37-23-17-12-18-24-37)56(8)46(61)40(55-50(66)51(6,7)52)30-36-21-15-11-16-22-36/h10-24,32-34,38-43H,25-31,52H2,1-9H3,(H,53,60)(H,54,59)(H,55,66)(H,64,65)/t34-,38-,39-,40-,41-,42-,43-/m0/s1. The van der Waals surface area contributed by atoms with E-state index in [1.54, 1.807) is 0 Å². The van der Waals surface area contributed by atoms with E-state index in [-0.39, 0.29) is 56.4 Å². The monoisotopic (exact) mass is 910 g/mol. The minimum atomic E-state index is -1.31. The van der Waals surface area contributed by atoms with Crippen LogP contribution in [0.15, 0.2) is 91.0 Å². The van der Waals surface area contributed by atoms with Crippen LogP contribution in [0, 0.1) is 17.8 Å². The van der Waals surface area contributed by atoms with Crippen molar-refractivity contribution in [3.05, 3.63) is 108 Å². The largest absolute Gasteiger partial charge is 0.480 e. The predicted molar refractivity (Wildman–Crippen MR) is 253 cm³/mol. The molecule has 3 aromatic rings. The zero-order valence-electron chi connectivity index (χ0n) is 40.0. The summed E-state index contributed by atoms with van der Waals surface area (Å²) in [5.41, 5.74) is 7.07. The van der Waals surface area contributed by atoms with Crippen LogP contribution in [0.25, 0.3) is 0 Å². The maximum atomic E-state index is 14.8. The Balaban J connectivity index is 1.68. The number of nitrogens with one attached hydrogen (secondary N) is 3. The molecule has 66 heavy (non-hydrogen) atoms. The highest BCUT2D eigenvalue weighted by Gasteiger charge is 2.45. The average Bonchev–Trinajstić information content (AvgIpc) is 3.66. The van der Waals surface area contributed by atoms with Crippen molar-refractivity contribution in [3.63, 3.8) is 0 Å². The first kappa shape index (κ1) is 52.5. The summed E-state index contributed by atoms with van der Waals surface area (Å²) in [5.74, 6) is -4.84. The van der Waals surface area contributed by atoms with Gasteiger partial charge in [-0.05, 0) is 67.6 Å². The van der Waals surface area contributed by atoms with Gasteiger partial charge in [-0.15, -0.1) is 0 Å². The molecule has 15 nitrogen and oxygen atoms in total. The van der Waals surface area contributed by atoms with Gasteiger partial charge < -0.3 is 41.5 Å². The maximum absolute atomic E-state index is 14.8. The molecule has 1 aliphatic heterocycles. The van der Waals surface area contributed by atoms with Crippen LogP contribution in [-0.2, 0) is 52.8 Å². The Kier molecular flexibility index (Phi) is 19.0. The Hall–Kier alpha value is -6.09. The lowest BCUT2D eigenvalue weighted by atomic mass is 9.97. The summed E-state index contributed by atoms with van der Waals surface area (Å²) in [6, 6.07) is 20.8. The Bertz CT molecular complexity index is 2110. The van der Waals surface area contributed by atoms with Gasteiger partial charge in [0.1, 0.15) is 36.3 Å². The van der Waals surface area contributed by atoms with Gasteiger partial charge in [0.25, 0.3) is 0 Å². The van der Waals surface area contributed by atoms with E-state index >= 15 is 0 Å². The number of hydrogen-bond acceptors (Lipinski definition) is 8. The van der Waals surface area contributed by atoms with Gasteiger partial charge in [0, 0.05) is 39.9 Å². The quantitative estimate of drug-likeness (QED) is 0.0986. The third-order valence-electron chi connectivity index (χ3n) is 12.1.